The molecule has 0 spiro atoms. The lowest BCUT2D eigenvalue weighted by molar-refractivity contribution is -0.119. The van der Waals surface area contributed by atoms with Gasteiger partial charge in [0.05, 0.1) is 22.8 Å². The van der Waals surface area contributed by atoms with E-state index < -0.39 is 0 Å². The van der Waals surface area contributed by atoms with E-state index in [9.17, 15) is 4.79 Å². The molecule has 0 saturated carbocycles. The molecule has 0 fully saturated rings. The van der Waals surface area contributed by atoms with Crippen LogP contribution in [0.15, 0.2) is 36.7 Å². The minimum Gasteiger partial charge on any atom is -0.456 e. The molecule has 2 heterocycles. The first-order valence-corrected chi connectivity index (χ1v) is 6.81. The smallest absolute Gasteiger partial charge is 0.251 e. The van der Waals surface area contributed by atoms with Crippen molar-refractivity contribution in [3.63, 3.8) is 0 Å². The average molecular weight is 313 g/mol. The van der Waals surface area contributed by atoms with E-state index in [4.69, 9.17) is 15.2 Å². The largest absolute Gasteiger partial charge is 0.456 e. The maximum absolute atomic E-state index is 11.5. The fourth-order valence-corrected chi connectivity index (χ4v) is 2.10. The molecule has 0 aliphatic heterocycles. The SMILES string of the molecule is COCC(=O)Nc1cc(Oc2ccc(N)c3[nH]ncc23)ccn1. The van der Waals surface area contributed by atoms with Crippen LogP contribution >= 0.6 is 0 Å². The molecule has 3 aromatic rings. The second-order valence-electron chi connectivity index (χ2n) is 4.77. The molecule has 0 bridgehead atoms. The van der Waals surface area contributed by atoms with Gasteiger partial charge in [-0.05, 0) is 18.2 Å². The molecule has 4 N–H and O–H groups in total. The number of hydrogen-bond donors (Lipinski definition) is 3. The van der Waals surface area contributed by atoms with E-state index in [-0.39, 0.29) is 12.5 Å². The highest BCUT2D eigenvalue weighted by Gasteiger charge is 2.09. The molecule has 0 atom stereocenters. The Kier molecular flexibility index (Phi) is 4.07. The van der Waals surface area contributed by atoms with Crippen LogP contribution in [0.25, 0.3) is 10.9 Å². The number of pyridine rings is 1. The first-order valence-electron chi connectivity index (χ1n) is 6.81. The molecule has 0 unspecified atom stereocenters. The number of benzene rings is 1. The summed E-state index contributed by atoms with van der Waals surface area (Å²) in [4.78, 5) is 15.6. The van der Waals surface area contributed by atoms with E-state index in [0.29, 0.717) is 28.5 Å². The number of hydrogen-bond acceptors (Lipinski definition) is 6. The number of aromatic amines is 1. The number of carbonyl (C=O) groups excluding carboxylic acids is 1. The van der Waals surface area contributed by atoms with Gasteiger partial charge in [-0.3, -0.25) is 9.89 Å². The minimum absolute atomic E-state index is 0.0413. The van der Waals surface area contributed by atoms with Crippen LogP contribution in [0.5, 0.6) is 11.5 Å². The Morgan fingerprint density at radius 2 is 2.26 bits per heavy atom. The first kappa shape index (κ1) is 14.8. The quantitative estimate of drug-likeness (QED) is 0.620. The van der Waals surface area contributed by atoms with Crippen molar-refractivity contribution in [1.82, 2.24) is 15.2 Å². The molecule has 8 nitrogen and oxygen atoms in total. The van der Waals surface area contributed by atoms with Crippen molar-refractivity contribution in [2.45, 2.75) is 0 Å². The highest BCUT2D eigenvalue weighted by molar-refractivity contribution is 5.94. The number of methoxy groups -OCH3 is 1. The third-order valence-corrected chi connectivity index (χ3v) is 3.11. The Balaban J connectivity index is 1.83. The Morgan fingerprint density at radius 1 is 1.39 bits per heavy atom. The molecule has 118 valence electrons. The van der Waals surface area contributed by atoms with E-state index in [2.05, 4.69) is 20.5 Å². The van der Waals surface area contributed by atoms with Crippen molar-refractivity contribution in [2.75, 3.05) is 24.8 Å². The van der Waals surface area contributed by atoms with Crippen LogP contribution in [-0.4, -0.2) is 34.8 Å². The molecule has 2 aromatic heterocycles. The summed E-state index contributed by atoms with van der Waals surface area (Å²) in [5.74, 6) is 1.22. The second-order valence-corrected chi connectivity index (χ2v) is 4.77. The lowest BCUT2D eigenvalue weighted by Crippen LogP contribution is -2.17. The van der Waals surface area contributed by atoms with Crippen molar-refractivity contribution in [2.24, 2.45) is 0 Å². The van der Waals surface area contributed by atoms with Crippen molar-refractivity contribution in [1.29, 1.82) is 0 Å². The maximum Gasteiger partial charge on any atom is 0.251 e. The van der Waals surface area contributed by atoms with Crippen molar-refractivity contribution < 1.29 is 14.3 Å². The monoisotopic (exact) mass is 313 g/mol. The summed E-state index contributed by atoms with van der Waals surface area (Å²) in [6, 6.07) is 6.80. The van der Waals surface area contributed by atoms with Gasteiger partial charge in [0.15, 0.2) is 0 Å². The van der Waals surface area contributed by atoms with E-state index in [1.165, 1.54) is 7.11 Å². The van der Waals surface area contributed by atoms with Gasteiger partial charge >= 0.3 is 0 Å². The number of nitrogens with zero attached hydrogens (tertiary/aromatic N) is 2. The highest BCUT2D eigenvalue weighted by atomic mass is 16.5. The summed E-state index contributed by atoms with van der Waals surface area (Å²) in [5, 5.41) is 10.2. The van der Waals surface area contributed by atoms with Crippen molar-refractivity contribution >= 4 is 28.3 Å². The maximum atomic E-state index is 11.5. The molecule has 1 amide bonds. The third kappa shape index (κ3) is 3.22. The third-order valence-electron chi connectivity index (χ3n) is 3.11. The molecule has 0 radical (unpaired) electrons. The fraction of sp³-hybridized carbons (Fsp3) is 0.133. The number of rotatable bonds is 5. The molecular weight excluding hydrogens is 298 g/mol. The van der Waals surface area contributed by atoms with Crippen LogP contribution in [0.4, 0.5) is 11.5 Å². The number of nitrogens with two attached hydrogens (primary N) is 1. The van der Waals surface area contributed by atoms with Gasteiger partial charge in [-0.15, -0.1) is 0 Å². The van der Waals surface area contributed by atoms with E-state index >= 15 is 0 Å². The summed E-state index contributed by atoms with van der Waals surface area (Å²) < 4.78 is 10.6. The molecule has 0 aliphatic rings. The van der Waals surface area contributed by atoms with E-state index in [1.54, 1.807) is 36.7 Å². The molecule has 23 heavy (non-hydrogen) atoms. The number of ether oxygens (including phenoxy) is 2. The average Bonchev–Trinajstić information content (AvgIpc) is 3.01. The van der Waals surface area contributed by atoms with Crippen LogP contribution in [0.2, 0.25) is 0 Å². The van der Waals surface area contributed by atoms with Crippen LogP contribution in [-0.2, 0) is 9.53 Å². The predicted molar refractivity (Wildman–Crippen MR) is 85.3 cm³/mol. The van der Waals surface area contributed by atoms with Crippen LogP contribution in [0.1, 0.15) is 0 Å². The Labute approximate surface area is 131 Å². The fourth-order valence-electron chi connectivity index (χ4n) is 2.10. The van der Waals surface area contributed by atoms with Gasteiger partial charge in [-0.25, -0.2) is 4.98 Å². The standard InChI is InChI=1S/C15H15N5O3/c1-22-8-14(21)19-13-6-9(4-5-17-13)23-12-3-2-11(16)15-10(12)7-18-20-15/h2-7H,8,16H2,1H3,(H,18,20)(H,17,19,21). The number of carbonyl (C=O) groups is 1. The normalized spacial score (nSPS) is 10.7. The zero-order valence-electron chi connectivity index (χ0n) is 12.4. The highest BCUT2D eigenvalue weighted by Crippen LogP contribution is 2.32. The summed E-state index contributed by atoms with van der Waals surface area (Å²) in [6.45, 7) is -0.0413. The summed E-state index contributed by atoms with van der Waals surface area (Å²) >= 11 is 0. The van der Waals surface area contributed by atoms with Gasteiger partial charge in [0, 0.05) is 19.4 Å². The number of fused-ring (bicyclic) bond motifs is 1. The number of nitrogen functional groups attached to an aromatic ring is 1. The molecule has 1 aromatic carbocycles. The molecular formula is C15H15N5O3. The summed E-state index contributed by atoms with van der Waals surface area (Å²) in [5.41, 5.74) is 7.18. The van der Waals surface area contributed by atoms with Gasteiger partial charge in [0.1, 0.15) is 23.9 Å². The lowest BCUT2D eigenvalue weighted by atomic mass is 10.2. The van der Waals surface area contributed by atoms with Gasteiger partial charge in [0.2, 0.25) is 0 Å². The van der Waals surface area contributed by atoms with Crippen LogP contribution in [0, 0.1) is 0 Å². The number of nitrogens with one attached hydrogen (secondary N) is 2. The van der Waals surface area contributed by atoms with Crippen LogP contribution in [0.3, 0.4) is 0 Å². The molecule has 3 rings (SSSR count). The molecule has 8 heteroatoms. The Bertz CT molecular complexity index is 846. The number of H-pyrrole nitrogens is 1. The lowest BCUT2D eigenvalue weighted by Gasteiger charge is -2.09. The summed E-state index contributed by atoms with van der Waals surface area (Å²) in [6.07, 6.45) is 3.19. The van der Waals surface area contributed by atoms with Crippen molar-refractivity contribution in [3.8, 4) is 11.5 Å². The Hall–Kier alpha value is -3.13. The number of anilines is 2. The van der Waals surface area contributed by atoms with Gasteiger partial charge in [-0.1, -0.05) is 0 Å². The van der Waals surface area contributed by atoms with Crippen LogP contribution < -0.4 is 15.8 Å². The van der Waals surface area contributed by atoms with E-state index in [0.717, 1.165) is 5.39 Å². The molecule has 0 aliphatic carbocycles. The van der Waals surface area contributed by atoms with Gasteiger partial charge < -0.3 is 20.5 Å². The summed E-state index contributed by atoms with van der Waals surface area (Å²) in [7, 11) is 1.45. The predicted octanol–water partition coefficient (Wildman–Crippen LogP) is 1.92. The zero-order valence-corrected chi connectivity index (χ0v) is 12.4. The van der Waals surface area contributed by atoms with E-state index in [1.807, 2.05) is 0 Å². The number of aromatic nitrogens is 3. The van der Waals surface area contributed by atoms with Gasteiger partial charge in [-0.2, -0.15) is 5.10 Å². The topological polar surface area (TPSA) is 115 Å². The minimum atomic E-state index is -0.290. The van der Waals surface area contributed by atoms with Crippen molar-refractivity contribution in [3.05, 3.63) is 36.7 Å². The molecule has 0 saturated heterocycles. The Morgan fingerprint density at radius 3 is 3.09 bits per heavy atom. The zero-order chi connectivity index (χ0) is 16.2. The first-order chi connectivity index (χ1) is 11.2. The van der Waals surface area contributed by atoms with Gasteiger partial charge in [0.25, 0.3) is 5.91 Å². The number of amides is 1. The second kappa shape index (κ2) is 6.32.